The van der Waals surface area contributed by atoms with E-state index in [4.69, 9.17) is 9.47 Å². The SMILES string of the molecule is COc1ccc(Nc2ccc([N+](=O)[O-])cc2OC)cc1. The van der Waals surface area contributed by atoms with Crippen molar-refractivity contribution in [1.82, 2.24) is 0 Å². The summed E-state index contributed by atoms with van der Waals surface area (Å²) >= 11 is 0. The Kier molecular flexibility index (Phi) is 4.05. The standard InChI is InChI=1S/C14H14N2O4/c1-19-12-6-3-10(4-7-12)15-13-8-5-11(16(17)18)9-14(13)20-2/h3-9,15H,1-2H3. The number of methoxy groups -OCH3 is 2. The van der Waals surface area contributed by atoms with Crippen molar-refractivity contribution < 1.29 is 14.4 Å². The molecule has 2 aromatic carbocycles. The minimum Gasteiger partial charge on any atom is -0.497 e. The summed E-state index contributed by atoms with van der Waals surface area (Å²) in [6.07, 6.45) is 0. The second-order valence-corrected chi connectivity index (χ2v) is 4.00. The fraction of sp³-hybridized carbons (Fsp3) is 0.143. The normalized spacial score (nSPS) is 9.90. The Morgan fingerprint density at radius 1 is 1.05 bits per heavy atom. The van der Waals surface area contributed by atoms with Crippen molar-refractivity contribution in [2.24, 2.45) is 0 Å². The number of nitrogens with zero attached hydrogens (tertiary/aromatic N) is 1. The number of nitro groups is 1. The largest absolute Gasteiger partial charge is 0.497 e. The number of anilines is 2. The minimum absolute atomic E-state index is 0.0119. The Labute approximate surface area is 116 Å². The summed E-state index contributed by atoms with van der Waals surface area (Å²) < 4.78 is 10.2. The summed E-state index contributed by atoms with van der Waals surface area (Å²) in [6, 6.07) is 11.8. The van der Waals surface area contributed by atoms with Crippen LogP contribution in [0, 0.1) is 10.1 Å². The molecule has 0 aliphatic rings. The first-order valence-electron chi connectivity index (χ1n) is 5.87. The van der Waals surface area contributed by atoms with Crippen LogP contribution in [0.3, 0.4) is 0 Å². The monoisotopic (exact) mass is 274 g/mol. The van der Waals surface area contributed by atoms with Crippen molar-refractivity contribution in [3.63, 3.8) is 0 Å². The van der Waals surface area contributed by atoms with Crippen LogP contribution in [0.25, 0.3) is 0 Å². The average molecular weight is 274 g/mol. The van der Waals surface area contributed by atoms with Crippen LogP contribution in [0.5, 0.6) is 11.5 Å². The van der Waals surface area contributed by atoms with Crippen molar-refractivity contribution in [2.45, 2.75) is 0 Å². The van der Waals surface area contributed by atoms with E-state index in [0.29, 0.717) is 11.4 Å². The molecule has 0 saturated heterocycles. The molecule has 1 N–H and O–H groups in total. The number of hydrogen-bond acceptors (Lipinski definition) is 5. The third-order valence-corrected chi connectivity index (χ3v) is 2.76. The fourth-order valence-corrected chi connectivity index (χ4v) is 1.73. The highest BCUT2D eigenvalue weighted by Crippen LogP contribution is 2.31. The van der Waals surface area contributed by atoms with Gasteiger partial charge in [-0.3, -0.25) is 10.1 Å². The van der Waals surface area contributed by atoms with Gasteiger partial charge < -0.3 is 14.8 Å². The van der Waals surface area contributed by atoms with Gasteiger partial charge in [-0.1, -0.05) is 0 Å². The summed E-state index contributed by atoms with van der Waals surface area (Å²) in [6.45, 7) is 0. The highest BCUT2D eigenvalue weighted by molar-refractivity contribution is 5.68. The van der Waals surface area contributed by atoms with Crippen molar-refractivity contribution in [2.75, 3.05) is 19.5 Å². The van der Waals surface area contributed by atoms with Crippen LogP contribution in [0.1, 0.15) is 0 Å². The molecule has 0 amide bonds. The molecular formula is C14H14N2O4. The number of ether oxygens (including phenoxy) is 2. The Balaban J connectivity index is 2.25. The lowest BCUT2D eigenvalue weighted by atomic mass is 10.2. The lowest BCUT2D eigenvalue weighted by Crippen LogP contribution is -1.96. The maximum absolute atomic E-state index is 10.7. The van der Waals surface area contributed by atoms with Gasteiger partial charge in [-0.2, -0.15) is 0 Å². The number of rotatable bonds is 5. The van der Waals surface area contributed by atoms with Gasteiger partial charge in [0, 0.05) is 11.8 Å². The number of benzene rings is 2. The zero-order valence-electron chi connectivity index (χ0n) is 11.1. The maximum Gasteiger partial charge on any atom is 0.273 e. The van der Waals surface area contributed by atoms with Gasteiger partial charge in [0.25, 0.3) is 5.69 Å². The third-order valence-electron chi connectivity index (χ3n) is 2.76. The molecule has 104 valence electrons. The highest BCUT2D eigenvalue weighted by atomic mass is 16.6. The average Bonchev–Trinajstić information content (AvgIpc) is 2.48. The summed E-state index contributed by atoms with van der Waals surface area (Å²) in [5, 5.41) is 13.9. The molecule has 0 heterocycles. The van der Waals surface area contributed by atoms with Gasteiger partial charge in [-0.05, 0) is 30.3 Å². The summed E-state index contributed by atoms with van der Waals surface area (Å²) in [5.41, 5.74) is 1.48. The van der Waals surface area contributed by atoms with Crippen LogP contribution in [0.15, 0.2) is 42.5 Å². The Morgan fingerprint density at radius 3 is 2.30 bits per heavy atom. The summed E-state index contributed by atoms with van der Waals surface area (Å²) in [4.78, 5) is 10.3. The molecule has 0 unspecified atom stereocenters. The maximum atomic E-state index is 10.7. The molecule has 0 aliphatic carbocycles. The van der Waals surface area contributed by atoms with E-state index in [9.17, 15) is 10.1 Å². The molecule has 0 saturated carbocycles. The van der Waals surface area contributed by atoms with E-state index in [0.717, 1.165) is 11.4 Å². The molecule has 0 aromatic heterocycles. The molecule has 2 rings (SSSR count). The van der Waals surface area contributed by atoms with Gasteiger partial charge >= 0.3 is 0 Å². The number of hydrogen-bond donors (Lipinski definition) is 1. The number of non-ortho nitro benzene ring substituents is 1. The first-order chi connectivity index (χ1) is 9.63. The van der Waals surface area contributed by atoms with Crippen molar-refractivity contribution in [3.05, 3.63) is 52.6 Å². The van der Waals surface area contributed by atoms with Crippen LogP contribution >= 0.6 is 0 Å². The lowest BCUT2D eigenvalue weighted by molar-refractivity contribution is -0.384. The molecule has 0 fully saturated rings. The van der Waals surface area contributed by atoms with E-state index < -0.39 is 4.92 Å². The van der Waals surface area contributed by atoms with E-state index in [1.165, 1.54) is 19.2 Å². The molecule has 6 heteroatoms. The van der Waals surface area contributed by atoms with E-state index >= 15 is 0 Å². The second kappa shape index (κ2) is 5.92. The van der Waals surface area contributed by atoms with Gasteiger partial charge in [0.1, 0.15) is 11.5 Å². The number of nitrogens with one attached hydrogen (secondary N) is 1. The van der Waals surface area contributed by atoms with Crippen molar-refractivity contribution in [1.29, 1.82) is 0 Å². The van der Waals surface area contributed by atoms with Crippen LogP contribution in [-0.2, 0) is 0 Å². The Morgan fingerprint density at radius 2 is 1.75 bits per heavy atom. The van der Waals surface area contributed by atoms with Crippen LogP contribution in [0.2, 0.25) is 0 Å². The predicted molar refractivity (Wildman–Crippen MR) is 75.9 cm³/mol. The first-order valence-corrected chi connectivity index (χ1v) is 5.87. The molecule has 0 atom stereocenters. The van der Waals surface area contributed by atoms with Gasteiger partial charge in [0.2, 0.25) is 0 Å². The third kappa shape index (κ3) is 2.97. The van der Waals surface area contributed by atoms with Crippen molar-refractivity contribution in [3.8, 4) is 11.5 Å². The summed E-state index contributed by atoms with van der Waals surface area (Å²) in [5.74, 6) is 1.17. The second-order valence-electron chi connectivity index (χ2n) is 4.00. The molecule has 0 radical (unpaired) electrons. The molecule has 20 heavy (non-hydrogen) atoms. The van der Waals surface area contributed by atoms with E-state index in [-0.39, 0.29) is 5.69 Å². The van der Waals surface area contributed by atoms with Gasteiger partial charge in [0.15, 0.2) is 0 Å². The summed E-state index contributed by atoms with van der Waals surface area (Å²) in [7, 11) is 3.07. The fourth-order valence-electron chi connectivity index (χ4n) is 1.73. The zero-order chi connectivity index (χ0) is 14.5. The zero-order valence-corrected chi connectivity index (χ0v) is 11.1. The molecule has 2 aromatic rings. The molecule has 0 aliphatic heterocycles. The molecule has 0 bridgehead atoms. The van der Waals surface area contributed by atoms with Crippen LogP contribution in [-0.4, -0.2) is 19.1 Å². The van der Waals surface area contributed by atoms with E-state index in [1.54, 1.807) is 13.2 Å². The van der Waals surface area contributed by atoms with E-state index in [2.05, 4.69) is 5.32 Å². The molecule has 0 spiro atoms. The predicted octanol–water partition coefficient (Wildman–Crippen LogP) is 3.36. The molecule has 6 nitrogen and oxygen atoms in total. The minimum atomic E-state index is -0.459. The topological polar surface area (TPSA) is 73.6 Å². The van der Waals surface area contributed by atoms with Gasteiger partial charge in [-0.15, -0.1) is 0 Å². The Hall–Kier alpha value is -2.76. The van der Waals surface area contributed by atoms with Crippen LogP contribution in [0.4, 0.5) is 17.1 Å². The van der Waals surface area contributed by atoms with Crippen LogP contribution < -0.4 is 14.8 Å². The lowest BCUT2D eigenvalue weighted by Gasteiger charge is -2.11. The quantitative estimate of drug-likeness (QED) is 0.668. The highest BCUT2D eigenvalue weighted by Gasteiger charge is 2.11. The van der Waals surface area contributed by atoms with Gasteiger partial charge in [-0.25, -0.2) is 0 Å². The van der Waals surface area contributed by atoms with Crippen molar-refractivity contribution >= 4 is 17.1 Å². The Bertz CT molecular complexity index is 611. The van der Waals surface area contributed by atoms with E-state index in [1.807, 2.05) is 24.3 Å². The smallest absolute Gasteiger partial charge is 0.273 e. The van der Waals surface area contributed by atoms with Gasteiger partial charge in [0.05, 0.1) is 30.9 Å². The first kappa shape index (κ1) is 13.7. The number of nitro benzene ring substituents is 1. The molecular weight excluding hydrogens is 260 g/mol.